The molecule has 5 aliphatic carbocycles. The van der Waals surface area contributed by atoms with Crippen LogP contribution in [0.4, 0.5) is 0 Å². The fraction of sp³-hybridized carbons (Fsp3) is 0.500. The van der Waals surface area contributed by atoms with E-state index in [0.29, 0.717) is 29.1 Å². The second kappa shape index (κ2) is 10.5. The van der Waals surface area contributed by atoms with E-state index in [0.717, 1.165) is 44.9 Å². The fourth-order valence-electron chi connectivity index (χ4n) is 9.16. The molecule has 6 atom stereocenters. The molecule has 0 aliphatic heterocycles. The SMILES string of the molecule is CC(=O)OC1CCC2(C)C(=CCC3C4CCC(=O)C4(C)CCC32)C1.Cc1cc(O)c2c(c1)C(=O)c1cccc(O)c1C2=O. The zero-order valence-corrected chi connectivity index (χ0v) is 25.4. The highest BCUT2D eigenvalue weighted by Crippen LogP contribution is 2.64. The second-order valence-corrected chi connectivity index (χ2v) is 13.7. The minimum absolute atomic E-state index is 0.0374. The first-order valence-corrected chi connectivity index (χ1v) is 15.5. The van der Waals surface area contributed by atoms with Gasteiger partial charge in [0, 0.05) is 36.3 Å². The van der Waals surface area contributed by atoms with E-state index in [2.05, 4.69) is 19.9 Å². The first-order valence-electron chi connectivity index (χ1n) is 15.5. The Labute approximate surface area is 252 Å². The summed E-state index contributed by atoms with van der Waals surface area (Å²) >= 11 is 0. The van der Waals surface area contributed by atoms with Gasteiger partial charge >= 0.3 is 5.97 Å². The van der Waals surface area contributed by atoms with Gasteiger partial charge in [-0.1, -0.05) is 37.6 Å². The largest absolute Gasteiger partial charge is 0.507 e. The van der Waals surface area contributed by atoms with Crippen molar-refractivity contribution in [3.05, 3.63) is 69.8 Å². The van der Waals surface area contributed by atoms with Crippen molar-refractivity contribution in [3.8, 4) is 11.5 Å². The molecule has 2 aromatic carbocycles. The third kappa shape index (κ3) is 4.63. The maximum absolute atomic E-state index is 12.4. The number of fused-ring (bicyclic) bond motifs is 7. The van der Waals surface area contributed by atoms with E-state index in [9.17, 15) is 29.4 Å². The van der Waals surface area contributed by atoms with E-state index in [1.807, 2.05) is 0 Å². The predicted molar refractivity (Wildman–Crippen MR) is 160 cm³/mol. The number of ketones is 3. The van der Waals surface area contributed by atoms with Crippen LogP contribution in [0.3, 0.4) is 0 Å². The number of allylic oxidation sites excluding steroid dienone is 1. The lowest BCUT2D eigenvalue weighted by atomic mass is 9.48. The Bertz CT molecular complexity index is 1580. The summed E-state index contributed by atoms with van der Waals surface area (Å²) < 4.78 is 5.50. The summed E-state index contributed by atoms with van der Waals surface area (Å²) in [5.41, 5.74) is 2.70. The Hall–Kier alpha value is -3.74. The third-order valence-electron chi connectivity index (χ3n) is 11.3. The molecule has 7 rings (SSSR count). The molecule has 3 fully saturated rings. The number of aryl methyl sites for hydroxylation is 1. The van der Waals surface area contributed by atoms with Crippen molar-refractivity contribution in [2.24, 2.45) is 28.6 Å². The summed E-state index contributed by atoms with van der Waals surface area (Å²) in [7, 11) is 0. The average Bonchev–Trinajstić information content (AvgIpc) is 3.25. The van der Waals surface area contributed by atoms with Crippen LogP contribution in [0.1, 0.15) is 110 Å². The molecule has 3 saturated carbocycles. The first kappa shape index (κ1) is 29.3. The van der Waals surface area contributed by atoms with Gasteiger partial charge < -0.3 is 14.9 Å². The highest BCUT2D eigenvalue weighted by atomic mass is 16.5. The second-order valence-electron chi connectivity index (χ2n) is 13.7. The summed E-state index contributed by atoms with van der Waals surface area (Å²) in [6.07, 6.45) is 10.8. The van der Waals surface area contributed by atoms with Crippen LogP contribution in [0.5, 0.6) is 11.5 Å². The number of aromatic hydroxyl groups is 2. The number of ether oxygens (including phenoxy) is 1. The molecule has 43 heavy (non-hydrogen) atoms. The molecule has 0 bridgehead atoms. The monoisotopic (exact) mass is 584 g/mol. The van der Waals surface area contributed by atoms with Crippen molar-refractivity contribution < 1.29 is 34.1 Å². The van der Waals surface area contributed by atoms with Crippen molar-refractivity contribution in [1.29, 1.82) is 0 Å². The summed E-state index contributed by atoms with van der Waals surface area (Å²) in [6, 6.07) is 7.36. The summed E-state index contributed by atoms with van der Waals surface area (Å²) in [5, 5.41) is 19.6. The van der Waals surface area contributed by atoms with Gasteiger partial charge in [0.25, 0.3) is 0 Å². The van der Waals surface area contributed by atoms with Gasteiger partial charge in [0.15, 0.2) is 5.78 Å². The third-order valence-corrected chi connectivity index (χ3v) is 11.3. The van der Waals surface area contributed by atoms with E-state index in [1.165, 1.54) is 43.2 Å². The van der Waals surface area contributed by atoms with E-state index in [4.69, 9.17) is 4.74 Å². The van der Waals surface area contributed by atoms with Crippen molar-refractivity contribution in [3.63, 3.8) is 0 Å². The van der Waals surface area contributed by atoms with Crippen LogP contribution >= 0.6 is 0 Å². The van der Waals surface area contributed by atoms with Crippen LogP contribution in [0.15, 0.2) is 42.0 Å². The molecule has 7 nitrogen and oxygen atoms in total. The van der Waals surface area contributed by atoms with Crippen LogP contribution < -0.4 is 0 Å². The topological polar surface area (TPSA) is 118 Å². The van der Waals surface area contributed by atoms with Gasteiger partial charge in [-0.15, -0.1) is 0 Å². The Balaban J connectivity index is 0.000000157. The van der Waals surface area contributed by atoms with Crippen molar-refractivity contribution in [1.82, 2.24) is 0 Å². The van der Waals surface area contributed by atoms with Crippen molar-refractivity contribution in [2.75, 3.05) is 0 Å². The number of hydrogen-bond acceptors (Lipinski definition) is 7. The molecule has 0 heterocycles. The van der Waals surface area contributed by atoms with Gasteiger partial charge in [-0.25, -0.2) is 0 Å². The quantitative estimate of drug-likeness (QED) is 0.243. The molecule has 226 valence electrons. The maximum Gasteiger partial charge on any atom is 0.302 e. The number of carbonyl (C=O) groups excluding carboxylic acids is 4. The molecular weight excluding hydrogens is 544 g/mol. The lowest BCUT2D eigenvalue weighted by Crippen LogP contribution is -2.50. The first-order chi connectivity index (χ1) is 20.3. The normalized spacial score (nSPS) is 32.2. The van der Waals surface area contributed by atoms with Gasteiger partial charge in [-0.3, -0.25) is 19.2 Å². The van der Waals surface area contributed by atoms with Gasteiger partial charge in [0.05, 0.1) is 11.1 Å². The van der Waals surface area contributed by atoms with Gasteiger partial charge in [-0.2, -0.15) is 0 Å². The number of carbonyl (C=O) groups is 4. The van der Waals surface area contributed by atoms with E-state index >= 15 is 0 Å². The Morgan fingerprint density at radius 1 is 0.884 bits per heavy atom. The molecule has 0 radical (unpaired) electrons. The predicted octanol–water partition coefficient (Wildman–Crippen LogP) is 6.63. The van der Waals surface area contributed by atoms with Gasteiger partial charge in [0.2, 0.25) is 5.78 Å². The average molecular weight is 585 g/mol. The Morgan fingerprint density at radius 3 is 2.33 bits per heavy atom. The minimum atomic E-state index is -0.528. The number of esters is 1. The lowest BCUT2D eigenvalue weighted by Gasteiger charge is -2.56. The number of benzene rings is 2. The van der Waals surface area contributed by atoms with E-state index in [1.54, 1.807) is 13.0 Å². The maximum atomic E-state index is 12.4. The van der Waals surface area contributed by atoms with E-state index in [-0.39, 0.29) is 62.4 Å². The molecule has 6 unspecified atom stereocenters. The molecular formula is C36H40O7. The minimum Gasteiger partial charge on any atom is -0.507 e. The number of rotatable bonds is 1. The molecule has 2 N–H and O–H groups in total. The molecule has 0 amide bonds. The Kier molecular flexibility index (Phi) is 7.14. The molecule has 0 spiro atoms. The highest BCUT2D eigenvalue weighted by Gasteiger charge is 2.58. The van der Waals surface area contributed by atoms with Crippen molar-refractivity contribution in [2.45, 2.75) is 85.2 Å². The van der Waals surface area contributed by atoms with Crippen LogP contribution in [0.2, 0.25) is 0 Å². The molecule has 0 aromatic heterocycles. The zero-order valence-electron chi connectivity index (χ0n) is 25.4. The highest BCUT2D eigenvalue weighted by molar-refractivity contribution is 6.30. The number of Topliss-reactive ketones (excluding diaryl/α,β-unsaturated/α-hetero) is 1. The molecule has 7 heteroatoms. The molecule has 0 saturated heterocycles. The number of hydrogen-bond donors (Lipinski definition) is 2. The van der Waals surface area contributed by atoms with Gasteiger partial charge in [0.1, 0.15) is 23.4 Å². The summed E-state index contributed by atoms with van der Waals surface area (Å²) in [4.78, 5) is 48.4. The molecule has 5 aliphatic rings. The van der Waals surface area contributed by atoms with Gasteiger partial charge in [-0.05, 0) is 92.4 Å². The Morgan fingerprint density at radius 2 is 1.58 bits per heavy atom. The van der Waals surface area contributed by atoms with Crippen LogP contribution in [-0.2, 0) is 14.3 Å². The zero-order chi connectivity index (χ0) is 30.8. The summed E-state index contributed by atoms with van der Waals surface area (Å²) in [6.45, 7) is 7.93. The van der Waals surface area contributed by atoms with Crippen LogP contribution in [-0.4, -0.2) is 39.6 Å². The lowest BCUT2D eigenvalue weighted by molar-refractivity contribution is -0.148. The van der Waals surface area contributed by atoms with Crippen LogP contribution in [0.25, 0.3) is 0 Å². The van der Waals surface area contributed by atoms with E-state index < -0.39 is 5.78 Å². The smallest absolute Gasteiger partial charge is 0.302 e. The summed E-state index contributed by atoms with van der Waals surface area (Å²) in [5.74, 6) is 0.960. The number of phenols is 2. The van der Waals surface area contributed by atoms with Crippen LogP contribution in [0, 0.1) is 35.5 Å². The fourth-order valence-corrected chi connectivity index (χ4v) is 9.16. The molecule has 2 aromatic rings. The number of phenolic OH excluding ortho intramolecular Hbond substituents is 2. The standard InChI is InChI=1S/C21H30O3.C15H10O4/c1-13(22)24-15-8-10-20(2)14(12-15)4-5-16-17-6-7-19(23)21(17,3)11-9-18(16)20;1-7-5-9-13(11(17)6-7)15(19)12-8(14(9)18)3-2-4-10(12)16/h4,15-18H,5-12H2,1-3H3;2-6,16-17H,1H3. The van der Waals surface area contributed by atoms with Crippen molar-refractivity contribution >= 4 is 23.3 Å².